The first-order chi connectivity index (χ1) is 32.0. The highest BCUT2D eigenvalue weighted by Crippen LogP contribution is 2.13. The lowest BCUT2D eigenvalue weighted by Gasteiger charge is -2.18. The standard InChI is InChI=1S/C59H96O6/c1-4-7-10-13-16-18-20-22-23-24-25-26-27-28-29-30-31-32-33-34-35-36-37-38-40-41-43-46-49-52-58(61)64-55-56(54-63-57(60)51-48-45-15-12-9-6-3)65-59(62)53-50-47-44-42-39-21-19-17-14-11-8-5-2/h7,10,16-19,22-23,25-26,28-29,31-32,34-35,37-38,56H,4-6,8-9,11-15,20-21,24,27,30,33,36,39-55H2,1-3H3/b10-7-,18-16-,19-17-,23-22-,26-25-,29-28-,32-31-,35-34-,38-37-. The molecule has 0 aliphatic heterocycles. The molecule has 0 aromatic heterocycles. The van der Waals surface area contributed by atoms with Crippen LogP contribution in [-0.4, -0.2) is 37.2 Å². The van der Waals surface area contributed by atoms with Crippen LogP contribution in [-0.2, 0) is 28.6 Å². The van der Waals surface area contributed by atoms with Crippen LogP contribution in [0.15, 0.2) is 109 Å². The first-order valence-electron chi connectivity index (χ1n) is 26.4. The minimum Gasteiger partial charge on any atom is -0.462 e. The molecule has 6 heteroatoms. The van der Waals surface area contributed by atoms with E-state index in [9.17, 15) is 14.4 Å². The summed E-state index contributed by atoms with van der Waals surface area (Å²) in [5, 5.41) is 0. The summed E-state index contributed by atoms with van der Waals surface area (Å²) in [7, 11) is 0. The maximum Gasteiger partial charge on any atom is 0.306 e. The van der Waals surface area contributed by atoms with Gasteiger partial charge >= 0.3 is 17.9 Å². The Hall–Kier alpha value is -3.93. The first-order valence-corrected chi connectivity index (χ1v) is 26.4. The van der Waals surface area contributed by atoms with E-state index in [1.54, 1.807) is 0 Å². The van der Waals surface area contributed by atoms with Gasteiger partial charge in [-0.25, -0.2) is 0 Å². The Balaban J connectivity index is 4.21. The highest BCUT2D eigenvalue weighted by atomic mass is 16.6. The molecule has 0 saturated heterocycles. The SMILES string of the molecule is CC/C=C\C/C=C\C/C=C\C/C=C\C/C=C\C/C=C\C/C=C\C/C=C\CCCCCCC(=O)OCC(COC(=O)CCCCCCCC)OC(=O)CCCCCCC/C=C\CCCCC. The maximum absolute atomic E-state index is 12.7. The van der Waals surface area contributed by atoms with Crippen LogP contribution in [0.5, 0.6) is 0 Å². The molecule has 1 atom stereocenters. The zero-order valence-corrected chi connectivity index (χ0v) is 42.0. The molecule has 65 heavy (non-hydrogen) atoms. The summed E-state index contributed by atoms with van der Waals surface area (Å²) in [6.45, 7) is 6.39. The molecule has 0 saturated carbocycles. The van der Waals surface area contributed by atoms with Gasteiger partial charge in [-0.3, -0.25) is 14.4 Å². The second-order valence-electron chi connectivity index (χ2n) is 17.1. The highest BCUT2D eigenvalue weighted by molar-refractivity contribution is 5.71. The Morgan fingerprint density at radius 1 is 0.323 bits per heavy atom. The zero-order valence-electron chi connectivity index (χ0n) is 42.0. The van der Waals surface area contributed by atoms with Gasteiger partial charge in [-0.1, -0.05) is 207 Å². The molecule has 0 bridgehead atoms. The fourth-order valence-electron chi connectivity index (χ4n) is 6.80. The topological polar surface area (TPSA) is 78.9 Å². The summed E-state index contributed by atoms with van der Waals surface area (Å²) in [6, 6.07) is 0. The predicted octanol–water partition coefficient (Wildman–Crippen LogP) is 17.5. The van der Waals surface area contributed by atoms with E-state index < -0.39 is 6.10 Å². The summed E-state index contributed by atoms with van der Waals surface area (Å²) >= 11 is 0. The molecule has 0 amide bonds. The van der Waals surface area contributed by atoms with E-state index in [2.05, 4.69) is 130 Å². The average molecular weight is 901 g/mol. The van der Waals surface area contributed by atoms with Crippen LogP contribution in [0.1, 0.15) is 226 Å². The third-order valence-corrected chi connectivity index (χ3v) is 10.8. The average Bonchev–Trinajstić information content (AvgIpc) is 3.30. The van der Waals surface area contributed by atoms with Crippen molar-refractivity contribution in [2.45, 2.75) is 232 Å². The Labute approximate surface area is 400 Å². The summed E-state index contributed by atoms with van der Waals surface area (Å²) in [6.07, 6.45) is 71.1. The minimum absolute atomic E-state index is 0.0908. The van der Waals surface area contributed by atoms with E-state index in [1.165, 1.54) is 51.4 Å². The smallest absolute Gasteiger partial charge is 0.306 e. The Kier molecular flexibility index (Phi) is 49.5. The number of carbonyl (C=O) groups is 3. The van der Waals surface area contributed by atoms with Gasteiger partial charge in [0.25, 0.3) is 0 Å². The lowest BCUT2D eigenvalue weighted by atomic mass is 10.1. The van der Waals surface area contributed by atoms with E-state index >= 15 is 0 Å². The van der Waals surface area contributed by atoms with Crippen LogP contribution in [0.4, 0.5) is 0 Å². The van der Waals surface area contributed by atoms with E-state index in [1.807, 2.05) is 0 Å². The number of hydrogen-bond donors (Lipinski definition) is 0. The molecule has 368 valence electrons. The molecule has 0 N–H and O–H groups in total. The third kappa shape index (κ3) is 50.9. The fourth-order valence-corrected chi connectivity index (χ4v) is 6.80. The molecule has 0 aliphatic carbocycles. The van der Waals surface area contributed by atoms with Crippen LogP contribution in [0.3, 0.4) is 0 Å². The van der Waals surface area contributed by atoms with E-state index in [4.69, 9.17) is 14.2 Å². The number of ether oxygens (including phenoxy) is 3. The number of esters is 3. The van der Waals surface area contributed by atoms with Gasteiger partial charge < -0.3 is 14.2 Å². The first kappa shape index (κ1) is 61.1. The van der Waals surface area contributed by atoms with E-state index in [0.29, 0.717) is 19.3 Å². The van der Waals surface area contributed by atoms with Crippen molar-refractivity contribution in [2.75, 3.05) is 13.2 Å². The summed E-state index contributed by atoms with van der Waals surface area (Å²) < 4.78 is 16.6. The largest absolute Gasteiger partial charge is 0.462 e. The number of hydrogen-bond acceptors (Lipinski definition) is 6. The summed E-state index contributed by atoms with van der Waals surface area (Å²) in [5.41, 5.74) is 0. The molecule has 0 heterocycles. The van der Waals surface area contributed by atoms with E-state index in [0.717, 1.165) is 135 Å². The fraction of sp³-hybridized carbons (Fsp3) is 0.644. The molecule has 0 spiro atoms. The predicted molar refractivity (Wildman–Crippen MR) is 279 cm³/mol. The quantitative estimate of drug-likeness (QED) is 0.0262. The van der Waals surface area contributed by atoms with Crippen molar-refractivity contribution < 1.29 is 28.6 Å². The van der Waals surface area contributed by atoms with Crippen LogP contribution < -0.4 is 0 Å². The minimum atomic E-state index is -0.789. The zero-order chi connectivity index (χ0) is 47.2. The van der Waals surface area contributed by atoms with Gasteiger partial charge in [-0.05, 0) is 109 Å². The van der Waals surface area contributed by atoms with Crippen molar-refractivity contribution >= 4 is 17.9 Å². The second kappa shape index (κ2) is 52.7. The molecule has 0 fully saturated rings. The molecule has 0 rings (SSSR count). The van der Waals surface area contributed by atoms with Crippen molar-refractivity contribution in [1.82, 2.24) is 0 Å². The highest BCUT2D eigenvalue weighted by Gasteiger charge is 2.19. The molecule has 0 radical (unpaired) electrons. The van der Waals surface area contributed by atoms with Gasteiger partial charge in [0.1, 0.15) is 13.2 Å². The maximum atomic E-state index is 12.7. The summed E-state index contributed by atoms with van der Waals surface area (Å²) in [5.74, 6) is -0.943. The third-order valence-electron chi connectivity index (χ3n) is 10.8. The van der Waals surface area contributed by atoms with Gasteiger partial charge in [0.15, 0.2) is 6.10 Å². The molecule has 0 aromatic rings. The van der Waals surface area contributed by atoms with Crippen LogP contribution >= 0.6 is 0 Å². The normalized spacial score (nSPS) is 13.0. The Morgan fingerprint density at radius 3 is 0.985 bits per heavy atom. The lowest BCUT2D eigenvalue weighted by Crippen LogP contribution is -2.30. The molecular formula is C59H96O6. The van der Waals surface area contributed by atoms with E-state index in [-0.39, 0.29) is 31.1 Å². The summed E-state index contributed by atoms with van der Waals surface area (Å²) in [4.78, 5) is 37.7. The van der Waals surface area contributed by atoms with Crippen molar-refractivity contribution in [1.29, 1.82) is 0 Å². The molecular weight excluding hydrogens is 805 g/mol. The van der Waals surface area contributed by atoms with Gasteiger partial charge in [-0.2, -0.15) is 0 Å². The van der Waals surface area contributed by atoms with Crippen molar-refractivity contribution in [3.8, 4) is 0 Å². The van der Waals surface area contributed by atoms with Gasteiger partial charge in [0.2, 0.25) is 0 Å². The lowest BCUT2D eigenvalue weighted by molar-refractivity contribution is -0.167. The number of unbranched alkanes of at least 4 members (excludes halogenated alkanes) is 17. The van der Waals surface area contributed by atoms with Gasteiger partial charge in [0, 0.05) is 19.3 Å². The number of carbonyl (C=O) groups excluding carboxylic acids is 3. The molecule has 0 aliphatic rings. The molecule has 1 unspecified atom stereocenters. The Morgan fingerprint density at radius 2 is 0.600 bits per heavy atom. The van der Waals surface area contributed by atoms with Crippen molar-refractivity contribution in [2.24, 2.45) is 0 Å². The van der Waals surface area contributed by atoms with Crippen LogP contribution in [0.2, 0.25) is 0 Å². The van der Waals surface area contributed by atoms with Gasteiger partial charge in [0.05, 0.1) is 0 Å². The van der Waals surface area contributed by atoms with Crippen LogP contribution in [0.25, 0.3) is 0 Å². The van der Waals surface area contributed by atoms with Crippen LogP contribution in [0, 0.1) is 0 Å². The monoisotopic (exact) mass is 901 g/mol. The number of allylic oxidation sites excluding steroid dienone is 18. The van der Waals surface area contributed by atoms with Crippen molar-refractivity contribution in [3.05, 3.63) is 109 Å². The molecule has 0 aromatic carbocycles. The van der Waals surface area contributed by atoms with Gasteiger partial charge in [-0.15, -0.1) is 0 Å². The van der Waals surface area contributed by atoms with Crippen molar-refractivity contribution in [3.63, 3.8) is 0 Å². The number of rotatable bonds is 46. The molecule has 6 nitrogen and oxygen atoms in total. The Bertz CT molecular complexity index is 1360. The second-order valence-corrected chi connectivity index (χ2v) is 17.1.